The molecule has 0 saturated carbocycles. The molecule has 0 fully saturated rings. The molecule has 4 nitrogen and oxygen atoms in total. The maximum atomic E-state index is 12.8. The molecular weight excluding hydrogens is 400 g/mol. The highest BCUT2D eigenvalue weighted by Gasteiger charge is 2.12. The summed E-state index contributed by atoms with van der Waals surface area (Å²) < 4.78 is 5.27. The fraction of sp³-hybridized carbons (Fsp3) is 0.130. The van der Waals surface area contributed by atoms with Crippen LogP contribution in [0.4, 0.5) is 0 Å². The van der Waals surface area contributed by atoms with Crippen LogP contribution in [0.15, 0.2) is 76.4 Å². The number of nitrogens with one attached hydrogen (secondary N) is 1. The Balaban J connectivity index is 1.43. The summed E-state index contributed by atoms with van der Waals surface area (Å²) >= 11 is 3.21. The predicted octanol–water partition coefficient (Wildman–Crippen LogP) is 5.53. The highest BCUT2D eigenvalue weighted by molar-refractivity contribution is 7.98. The molecule has 3 aromatic carbocycles. The Hall–Kier alpha value is -2.83. The zero-order valence-electron chi connectivity index (χ0n) is 15.9. The van der Waals surface area contributed by atoms with E-state index in [2.05, 4.69) is 22.4 Å². The molecule has 0 spiro atoms. The van der Waals surface area contributed by atoms with Crippen molar-refractivity contribution in [3.8, 4) is 5.75 Å². The lowest BCUT2D eigenvalue weighted by molar-refractivity contribution is 0.0948. The van der Waals surface area contributed by atoms with E-state index < -0.39 is 0 Å². The molecule has 4 aromatic rings. The minimum Gasteiger partial charge on any atom is -0.497 e. The number of methoxy groups -OCH3 is 1. The van der Waals surface area contributed by atoms with Crippen LogP contribution in [0.1, 0.15) is 21.6 Å². The minimum atomic E-state index is -0.0683. The van der Waals surface area contributed by atoms with Gasteiger partial charge in [-0.25, -0.2) is 4.98 Å². The molecular formula is C23H20N2O2S2. The Morgan fingerprint density at radius 2 is 1.93 bits per heavy atom. The largest absolute Gasteiger partial charge is 0.497 e. The van der Waals surface area contributed by atoms with Crippen molar-refractivity contribution in [2.24, 2.45) is 0 Å². The van der Waals surface area contributed by atoms with Gasteiger partial charge in [0.15, 0.2) is 0 Å². The predicted molar refractivity (Wildman–Crippen MR) is 120 cm³/mol. The second kappa shape index (κ2) is 9.11. The zero-order chi connectivity index (χ0) is 20.1. The number of carbonyl (C=O) groups is 1. The summed E-state index contributed by atoms with van der Waals surface area (Å²) in [6.45, 7) is 0.478. The lowest BCUT2D eigenvalue weighted by Gasteiger charge is -2.10. The number of carbonyl (C=O) groups excluding carboxylic acids is 1. The number of fused-ring (bicyclic) bond motifs is 1. The molecule has 0 saturated heterocycles. The van der Waals surface area contributed by atoms with Crippen molar-refractivity contribution in [3.05, 3.63) is 88.4 Å². The molecule has 4 rings (SSSR count). The molecule has 0 atom stereocenters. The smallest absolute Gasteiger partial charge is 0.252 e. The first-order valence-electron chi connectivity index (χ1n) is 9.17. The summed E-state index contributed by atoms with van der Waals surface area (Å²) in [6, 6.07) is 19.9. The van der Waals surface area contributed by atoms with Gasteiger partial charge in [0.1, 0.15) is 5.75 Å². The van der Waals surface area contributed by atoms with Crippen molar-refractivity contribution >= 4 is 39.8 Å². The van der Waals surface area contributed by atoms with Crippen LogP contribution in [0, 0.1) is 0 Å². The number of hydrogen-bond acceptors (Lipinski definition) is 5. The van der Waals surface area contributed by atoms with E-state index in [0.29, 0.717) is 12.1 Å². The quantitative estimate of drug-likeness (QED) is 0.400. The summed E-state index contributed by atoms with van der Waals surface area (Å²) in [4.78, 5) is 18.1. The highest BCUT2D eigenvalue weighted by Crippen LogP contribution is 2.26. The van der Waals surface area contributed by atoms with Gasteiger partial charge in [-0.15, -0.1) is 23.1 Å². The van der Waals surface area contributed by atoms with E-state index in [9.17, 15) is 4.79 Å². The summed E-state index contributed by atoms with van der Waals surface area (Å²) in [5, 5.41) is 7.31. The fourth-order valence-electron chi connectivity index (χ4n) is 3.03. The topological polar surface area (TPSA) is 51.2 Å². The van der Waals surface area contributed by atoms with Crippen molar-refractivity contribution in [3.63, 3.8) is 0 Å². The number of ether oxygens (including phenoxy) is 1. The van der Waals surface area contributed by atoms with E-state index in [1.807, 2.05) is 59.4 Å². The number of rotatable bonds is 7. The summed E-state index contributed by atoms with van der Waals surface area (Å²) in [7, 11) is 1.66. The molecule has 146 valence electrons. The zero-order valence-corrected chi connectivity index (χ0v) is 17.6. The number of amides is 1. The molecule has 0 unspecified atom stereocenters. The Morgan fingerprint density at radius 3 is 2.76 bits per heavy atom. The number of thioether (sulfide) groups is 1. The van der Waals surface area contributed by atoms with Crippen LogP contribution in [0.2, 0.25) is 0 Å². The second-order valence-electron chi connectivity index (χ2n) is 6.49. The van der Waals surface area contributed by atoms with E-state index in [4.69, 9.17) is 4.74 Å². The van der Waals surface area contributed by atoms with Crippen molar-refractivity contribution in [2.45, 2.75) is 17.2 Å². The highest BCUT2D eigenvalue weighted by atomic mass is 32.2. The number of aromatic nitrogens is 1. The van der Waals surface area contributed by atoms with Crippen molar-refractivity contribution in [1.82, 2.24) is 10.3 Å². The lowest BCUT2D eigenvalue weighted by atomic mass is 10.1. The molecule has 1 amide bonds. The van der Waals surface area contributed by atoms with Gasteiger partial charge in [-0.05, 0) is 46.7 Å². The Bertz CT molecular complexity index is 1130. The van der Waals surface area contributed by atoms with Gasteiger partial charge >= 0.3 is 0 Å². The lowest BCUT2D eigenvalue weighted by Crippen LogP contribution is -2.23. The minimum absolute atomic E-state index is 0.0683. The van der Waals surface area contributed by atoms with Crippen molar-refractivity contribution in [1.29, 1.82) is 0 Å². The van der Waals surface area contributed by atoms with Crippen LogP contribution in [0.5, 0.6) is 5.75 Å². The molecule has 29 heavy (non-hydrogen) atoms. The second-order valence-corrected chi connectivity index (χ2v) is 8.23. The first-order valence-corrected chi connectivity index (χ1v) is 11.1. The molecule has 0 radical (unpaired) electrons. The maximum absolute atomic E-state index is 12.8. The van der Waals surface area contributed by atoms with Gasteiger partial charge in [0.2, 0.25) is 0 Å². The first-order chi connectivity index (χ1) is 14.2. The summed E-state index contributed by atoms with van der Waals surface area (Å²) in [6.07, 6.45) is 0. The van der Waals surface area contributed by atoms with E-state index in [1.165, 1.54) is 0 Å². The van der Waals surface area contributed by atoms with Gasteiger partial charge in [-0.1, -0.05) is 30.3 Å². The fourth-order valence-corrected chi connectivity index (χ4v) is 4.64. The van der Waals surface area contributed by atoms with Gasteiger partial charge in [-0.3, -0.25) is 4.79 Å². The Labute approximate surface area is 177 Å². The van der Waals surface area contributed by atoms with Gasteiger partial charge < -0.3 is 10.1 Å². The van der Waals surface area contributed by atoms with Crippen LogP contribution in [-0.2, 0) is 12.3 Å². The van der Waals surface area contributed by atoms with Crippen LogP contribution < -0.4 is 10.1 Å². The average Bonchev–Trinajstić information content (AvgIpc) is 3.29. The third kappa shape index (κ3) is 4.78. The SMILES string of the molecule is COc1ccc2cc(CNC(=O)c3ccccc3SCc3cscn3)ccc2c1. The van der Waals surface area contributed by atoms with E-state index in [0.717, 1.165) is 38.4 Å². The van der Waals surface area contributed by atoms with Crippen LogP contribution in [0.25, 0.3) is 10.8 Å². The third-order valence-electron chi connectivity index (χ3n) is 4.56. The van der Waals surface area contributed by atoms with E-state index >= 15 is 0 Å². The monoisotopic (exact) mass is 420 g/mol. The van der Waals surface area contributed by atoms with Crippen molar-refractivity contribution < 1.29 is 9.53 Å². The van der Waals surface area contributed by atoms with Crippen LogP contribution >= 0.6 is 23.1 Å². The van der Waals surface area contributed by atoms with Gasteiger partial charge in [-0.2, -0.15) is 0 Å². The Kier molecular flexibility index (Phi) is 6.12. The van der Waals surface area contributed by atoms with Gasteiger partial charge in [0.25, 0.3) is 5.91 Å². The molecule has 0 aliphatic rings. The molecule has 0 aliphatic heterocycles. The normalized spacial score (nSPS) is 10.8. The molecule has 1 heterocycles. The third-order valence-corrected chi connectivity index (χ3v) is 6.30. The first kappa shape index (κ1) is 19.5. The molecule has 0 aliphatic carbocycles. The molecule has 1 N–H and O–H groups in total. The number of nitrogens with zero attached hydrogens (tertiary/aromatic N) is 1. The summed E-state index contributed by atoms with van der Waals surface area (Å²) in [5.41, 5.74) is 4.61. The van der Waals surface area contributed by atoms with Crippen LogP contribution in [-0.4, -0.2) is 18.0 Å². The molecule has 0 bridgehead atoms. The van der Waals surface area contributed by atoms with E-state index in [-0.39, 0.29) is 5.91 Å². The average molecular weight is 421 g/mol. The standard InChI is InChI=1S/C23H20N2O2S2/c1-27-20-9-8-17-10-16(6-7-18(17)11-20)12-24-23(26)21-4-2-3-5-22(21)29-14-19-13-28-15-25-19/h2-11,13,15H,12,14H2,1H3,(H,24,26). The van der Waals surface area contributed by atoms with Crippen molar-refractivity contribution in [2.75, 3.05) is 7.11 Å². The van der Waals surface area contributed by atoms with Gasteiger partial charge in [0, 0.05) is 22.6 Å². The number of hydrogen-bond donors (Lipinski definition) is 1. The molecule has 1 aromatic heterocycles. The number of benzene rings is 3. The summed E-state index contributed by atoms with van der Waals surface area (Å²) in [5.74, 6) is 1.52. The Morgan fingerprint density at radius 1 is 1.10 bits per heavy atom. The maximum Gasteiger partial charge on any atom is 0.252 e. The van der Waals surface area contributed by atoms with Gasteiger partial charge in [0.05, 0.1) is 23.9 Å². The van der Waals surface area contributed by atoms with E-state index in [1.54, 1.807) is 30.2 Å². The number of thiazole rings is 1. The van der Waals surface area contributed by atoms with Crippen LogP contribution in [0.3, 0.4) is 0 Å². The molecule has 6 heteroatoms.